The maximum Gasteiger partial charge on any atom is 0.323 e. The number of aromatic nitrogens is 6. The molecule has 0 aliphatic carbocycles. The van der Waals surface area contributed by atoms with Crippen LogP contribution in [0.1, 0.15) is 5.69 Å². The van der Waals surface area contributed by atoms with Crippen LogP contribution < -0.4 is 10.5 Å². The first kappa shape index (κ1) is 13.0. The molecule has 0 amide bonds. The van der Waals surface area contributed by atoms with E-state index in [2.05, 4.69) is 24.9 Å². The smallest absolute Gasteiger partial charge is 0.323 e. The number of nitrogen functional groups attached to an aromatic ring is 1. The van der Waals surface area contributed by atoms with Gasteiger partial charge in [0.05, 0.1) is 6.61 Å². The highest BCUT2D eigenvalue weighted by Crippen LogP contribution is 2.09. The fourth-order valence-corrected chi connectivity index (χ4v) is 1.71. The number of pyridine rings is 1. The van der Waals surface area contributed by atoms with Gasteiger partial charge >= 0.3 is 6.01 Å². The molecular formula is C13H13N7O. The lowest BCUT2D eigenvalue weighted by atomic mass is 10.3. The summed E-state index contributed by atoms with van der Waals surface area (Å²) in [6.07, 6.45) is 7.32. The van der Waals surface area contributed by atoms with Crippen LogP contribution in [0.25, 0.3) is 5.95 Å². The van der Waals surface area contributed by atoms with Gasteiger partial charge in [-0.3, -0.25) is 9.55 Å². The standard InChI is InChI=1S/C13H13N7O/c14-11-17-12(20-7-6-15-9-20)19-13(18-11)21-8-4-10-3-1-2-5-16-10/h1-3,5-7,9H,4,8H2,(H2,14,17,18,19). The molecule has 0 bridgehead atoms. The van der Waals surface area contributed by atoms with Gasteiger partial charge < -0.3 is 10.5 Å². The molecule has 0 fully saturated rings. The molecule has 0 saturated carbocycles. The molecule has 3 heterocycles. The van der Waals surface area contributed by atoms with Crippen LogP contribution in [0, 0.1) is 0 Å². The van der Waals surface area contributed by atoms with E-state index < -0.39 is 0 Å². The second-order valence-corrected chi connectivity index (χ2v) is 4.17. The number of anilines is 1. The molecule has 2 N–H and O–H groups in total. The van der Waals surface area contributed by atoms with E-state index in [-0.39, 0.29) is 12.0 Å². The van der Waals surface area contributed by atoms with E-state index >= 15 is 0 Å². The lowest BCUT2D eigenvalue weighted by Crippen LogP contribution is -2.10. The Balaban J connectivity index is 1.68. The van der Waals surface area contributed by atoms with Gasteiger partial charge in [-0.2, -0.15) is 15.0 Å². The van der Waals surface area contributed by atoms with E-state index in [0.29, 0.717) is 19.0 Å². The van der Waals surface area contributed by atoms with Gasteiger partial charge in [-0.15, -0.1) is 0 Å². The largest absolute Gasteiger partial charge is 0.463 e. The van der Waals surface area contributed by atoms with Crippen LogP contribution in [0.4, 0.5) is 5.95 Å². The Labute approximate surface area is 120 Å². The van der Waals surface area contributed by atoms with E-state index in [1.807, 2.05) is 18.2 Å². The summed E-state index contributed by atoms with van der Waals surface area (Å²) in [4.78, 5) is 20.3. The monoisotopic (exact) mass is 283 g/mol. The summed E-state index contributed by atoms with van der Waals surface area (Å²) in [5.41, 5.74) is 6.60. The number of imidazole rings is 1. The van der Waals surface area contributed by atoms with E-state index in [0.717, 1.165) is 5.69 Å². The molecule has 8 heteroatoms. The van der Waals surface area contributed by atoms with E-state index in [4.69, 9.17) is 10.5 Å². The average molecular weight is 283 g/mol. The minimum atomic E-state index is 0.0986. The fraction of sp³-hybridized carbons (Fsp3) is 0.154. The predicted molar refractivity (Wildman–Crippen MR) is 74.8 cm³/mol. The summed E-state index contributed by atoms with van der Waals surface area (Å²) in [6.45, 7) is 0.407. The van der Waals surface area contributed by atoms with Crippen LogP contribution in [-0.2, 0) is 6.42 Å². The van der Waals surface area contributed by atoms with Gasteiger partial charge in [0.15, 0.2) is 0 Å². The zero-order valence-corrected chi connectivity index (χ0v) is 11.1. The molecule has 106 valence electrons. The van der Waals surface area contributed by atoms with Crippen molar-refractivity contribution >= 4 is 5.95 Å². The van der Waals surface area contributed by atoms with Crippen LogP contribution in [-0.4, -0.2) is 36.1 Å². The second kappa shape index (κ2) is 5.95. The van der Waals surface area contributed by atoms with Crippen LogP contribution in [0.2, 0.25) is 0 Å². The quantitative estimate of drug-likeness (QED) is 0.733. The molecule has 3 aromatic rings. The third-order valence-electron chi connectivity index (χ3n) is 2.67. The molecular weight excluding hydrogens is 270 g/mol. The van der Waals surface area contributed by atoms with Crippen molar-refractivity contribution in [2.24, 2.45) is 0 Å². The molecule has 0 aliphatic rings. The lowest BCUT2D eigenvalue weighted by Gasteiger charge is -2.06. The fourth-order valence-electron chi connectivity index (χ4n) is 1.71. The first-order valence-electron chi connectivity index (χ1n) is 6.34. The maximum absolute atomic E-state index is 5.66. The van der Waals surface area contributed by atoms with E-state index in [1.54, 1.807) is 29.5 Å². The Bertz CT molecular complexity index is 700. The molecule has 0 aliphatic heterocycles. The molecule has 8 nitrogen and oxygen atoms in total. The summed E-state index contributed by atoms with van der Waals surface area (Å²) in [5.74, 6) is 0.467. The van der Waals surface area contributed by atoms with Crippen LogP contribution in [0.3, 0.4) is 0 Å². The van der Waals surface area contributed by atoms with Gasteiger partial charge in [0.2, 0.25) is 11.9 Å². The van der Waals surface area contributed by atoms with Crippen molar-refractivity contribution in [1.82, 2.24) is 29.5 Å². The molecule has 0 saturated heterocycles. The summed E-state index contributed by atoms with van der Waals surface area (Å²) in [5, 5.41) is 0. The van der Waals surface area contributed by atoms with Crippen molar-refractivity contribution in [3.8, 4) is 12.0 Å². The van der Waals surface area contributed by atoms with Gasteiger partial charge in [0.25, 0.3) is 0 Å². The molecule has 0 unspecified atom stereocenters. The second-order valence-electron chi connectivity index (χ2n) is 4.17. The highest BCUT2D eigenvalue weighted by atomic mass is 16.5. The van der Waals surface area contributed by atoms with Crippen molar-refractivity contribution in [2.75, 3.05) is 12.3 Å². The highest BCUT2D eigenvalue weighted by Gasteiger charge is 2.07. The third-order valence-corrected chi connectivity index (χ3v) is 2.67. The Kier molecular flexibility index (Phi) is 3.68. The Hall–Kier alpha value is -3.03. The first-order chi connectivity index (χ1) is 10.3. The molecule has 0 atom stereocenters. The summed E-state index contributed by atoms with van der Waals surface area (Å²) in [7, 11) is 0. The first-order valence-corrected chi connectivity index (χ1v) is 6.34. The van der Waals surface area contributed by atoms with Crippen molar-refractivity contribution in [1.29, 1.82) is 0 Å². The minimum absolute atomic E-state index is 0.0986. The molecule has 3 aromatic heterocycles. The van der Waals surface area contributed by atoms with Crippen LogP contribution in [0.15, 0.2) is 43.1 Å². The van der Waals surface area contributed by atoms with Gasteiger partial charge in [-0.05, 0) is 12.1 Å². The zero-order chi connectivity index (χ0) is 14.5. The number of ether oxygens (including phenoxy) is 1. The van der Waals surface area contributed by atoms with Gasteiger partial charge in [0, 0.05) is 30.7 Å². The Morgan fingerprint density at radius 3 is 2.86 bits per heavy atom. The SMILES string of the molecule is Nc1nc(OCCc2ccccn2)nc(-n2ccnc2)n1. The highest BCUT2D eigenvalue weighted by molar-refractivity contribution is 5.25. The number of nitrogens with two attached hydrogens (primary N) is 1. The van der Waals surface area contributed by atoms with Gasteiger partial charge in [0.1, 0.15) is 6.33 Å². The van der Waals surface area contributed by atoms with E-state index in [1.165, 1.54) is 0 Å². The molecule has 3 rings (SSSR count). The topological polar surface area (TPSA) is 105 Å². The van der Waals surface area contributed by atoms with Crippen molar-refractivity contribution in [3.05, 3.63) is 48.8 Å². The van der Waals surface area contributed by atoms with Gasteiger partial charge in [-0.25, -0.2) is 4.98 Å². The maximum atomic E-state index is 5.66. The van der Waals surface area contributed by atoms with Crippen LogP contribution in [0.5, 0.6) is 6.01 Å². The number of nitrogens with zero attached hydrogens (tertiary/aromatic N) is 6. The van der Waals surface area contributed by atoms with E-state index in [9.17, 15) is 0 Å². The minimum Gasteiger partial charge on any atom is -0.463 e. The molecule has 21 heavy (non-hydrogen) atoms. The Morgan fingerprint density at radius 2 is 2.10 bits per heavy atom. The van der Waals surface area contributed by atoms with Crippen LogP contribution >= 0.6 is 0 Å². The van der Waals surface area contributed by atoms with Crippen molar-refractivity contribution < 1.29 is 4.74 Å². The van der Waals surface area contributed by atoms with Crippen molar-refractivity contribution in [2.45, 2.75) is 6.42 Å². The number of rotatable bonds is 5. The Morgan fingerprint density at radius 1 is 1.14 bits per heavy atom. The summed E-state index contributed by atoms with van der Waals surface area (Å²) in [6, 6.07) is 5.92. The number of hydrogen-bond acceptors (Lipinski definition) is 7. The summed E-state index contributed by atoms with van der Waals surface area (Å²) >= 11 is 0. The molecule has 0 aromatic carbocycles. The number of hydrogen-bond donors (Lipinski definition) is 1. The molecule has 0 spiro atoms. The van der Waals surface area contributed by atoms with Crippen molar-refractivity contribution in [3.63, 3.8) is 0 Å². The normalized spacial score (nSPS) is 10.5. The predicted octanol–water partition coefficient (Wildman–Crippen LogP) is 0.656. The van der Waals surface area contributed by atoms with Gasteiger partial charge in [-0.1, -0.05) is 6.07 Å². The summed E-state index contributed by atoms with van der Waals surface area (Å²) < 4.78 is 7.14. The lowest BCUT2D eigenvalue weighted by molar-refractivity contribution is 0.294. The molecule has 0 radical (unpaired) electrons. The average Bonchev–Trinajstić information content (AvgIpc) is 3.02. The zero-order valence-electron chi connectivity index (χ0n) is 11.1. The third kappa shape index (κ3) is 3.30.